The van der Waals surface area contributed by atoms with Crippen LogP contribution in [0, 0.1) is 0 Å². The fourth-order valence-corrected chi connectivity index (χ4v) is 3.73. The Bertz CT molecular complexity index is 812. The quantitative estimate of drug-likeness (QED) is 0.687. The lowest BCUT2D eigenvalue weighted by Gasteiger charge is -2.37. The van der Waals surface area contributed by atoms with Gasteiger partial charge in [-0.15, -0.1) is 6.58 Å². The van der Waals surface area contributed by atoms with Gasteiger partial charge in [0.1, 0.15) is 12.4 Å². The second kappa shape index (κ2) is 8.39. The second-order valence-electron chi connectivity index (χ2n) is 6.98. The first-order chi connectivity index (χ1) is 13.8. The minimum Gasteiger partial charge on any atom is -0.495 e. The molecular formula is C21H27N5O2. The molecule has 0 radical (unpaired) electrons. The number of benzene rings is 1. The van der Waals surface area contributed by atoms with E-state index in [1.807, 2.05) is 30.3 Å². The van der Waals surface area contributed by atoms with E-state index >= 15 is 0 Å². The number of ether oxygens (including phenoxy) is 1. The van der Waals surface area contributed by atoms with Gasteiger partial charge in [-0.1, -0.05) is 18.2 Å². The van der Waals surface area contributed by atoms with Crippen LogP contribution < -0.4 is 9.64 Å². The van der Waals surface area contributed by atoms with E-state index in [0.29, 0.717) is 0 Å². The summed E-state index contributed by atoms with van der Waals surface area (Å²) in [6, 6.07) is 12.1. The van der Waals surface area contributed by atoms with Crippen molar-refractivity contribution in [3.8, 4) is 5.75 Å². The molecule has 0 bridgehead atoms. The summed E-state index contributed by atoms with van der Waals surface area (Å²) in [5.74, 6) is 2.60. The standard InChI is InChI=1S/C21H27N5O2/c1-3-10-25-17-26(22-21(25)20-9-6-15-28-20)16-23-11-13-24(14-12-23)18-7-4-5-8-19(18)27-2/h3-9,15H,1,10-14,16-17H2,2H3. The van der Waals surface area contributed by atoms with Crippen molar-refractivity contribution in [3.63, 3.8) is 0 Å². The number of methoxy groups -OCH3 is 1. The van der Waals surface area contributed by atoms with Crippen molar-refractivity contribution >= 4 is 11.5 Å². The molecule has 2 aromatic rings. The molecular weight excluding hydrogens is 354 g/mol. The van der Waals surface area contributed by atoms with E-state index in [1.165, 1.54) is 5.69 Å². The van der Waals surface area contributed by atoms with Crippen molar-refractivity contribution in [1.82, 2.24) is 14.8 Å². The van der Waals surface area contributed by atoms with Crippen LogP contribution in [0.2, 0.25) is 0 Å². The molecule has 148 valence electrons. The molecule has 0 unspecified atom stereocenters. The number of amidine groups is 1. The normalized spacial score (nSPS) is 17.8. The molecule has 0 N–H and O–H groups in total. The Balaban J connectivity index is 1.36. The van der Waals surface area contributed by atoms with Crippen molar-refractivity contribution in [2.45, 2.75) is 0 Å². The second-order valence-corrected chi connectivity index (χ2v) is 6.98. The van der Waals surface area contributed by atoms with Gasteiger partial charge in [-0.25, -0.2) is 0 Å². The lowest BCUT2D eigenvalue weighted by Crippen LogP contribution is -2.49. The third-order valence-electron chi connectivity index (χ3n) is 5.12. The molecule has 1 aromatic carbocycles. The van der Waals surface area contributed by atoms with Crippen LogP contribution in [0.4, 0.5) is 5.69 Å². The molecule has 0 saturated carbocycles. The molecule has 1 aromatic heterocycles. The average molecular weight is 381 g/mol. The van der Waals surface area contributed by atoms with Crippen molar-refractivity contribution in [1.29, 1.82) is 0 Å². The Labute approximate surface area is 166 Å². The average Bonchev–Trinajstić information content (AvgIpc) is 3.39. The maximum atomic E-state index is 5.55. The third-order valence-corrected chi connectivity index (χ3v) is 5.12. The van der Waals surface area contributed by atoms with E-state index in [-0.39, 0.29) is 0 Å². The van der Waals surface area contributed by atoms with Gasteiger partial charge < -0.3 is 19.0 Å². The summed E-state index contributed by atoms with van der Waals surface area (Å²) in [5.41, 5.74) is 1.17. The Morgan fingerprint density at radius 2 is 1.96 bits per heavy atom. The van der Waals surface area contributed by atoms with Gasteiger partial charge in [-0.05, 0) is 24.3 Å². The van der Waals surface area contributed by atoms with Crippen LogP contribution in [-0.4, -0.2) is 73.8 Å². The van der Waals surface area contributed by atoms with E-state index in [0.717, 1.165) is 63.4 Å². The molecule has 2 aliphatic heterocycles. The van der Waals surface area contributed by atoms with Crippen LogP contribution in [0.5, 0.6) is 5.75 Å². The number of nitrogens with zero attached hydrogens (tertiary/aromatic N) is 5. The fraction of sp³-hybridized carbons (Fsp3) is 0.381. The molecule has 4 rings (SSSR count). The summed E-state index contributed by atoms with van der Waals surface area (Å²) in [6.07, 6.45) is 3.58. The molecule has 2 aliphatic rings. The number of para-hydroxylation sites is 2. The number of anilines is 1. The van der Waals surface area contributed by atoms with Crippen molar-refractivity contribution < 1.29 is 9.15 Å². The number of hydrazone groups is 1. The van der Waals surface area contributed by atoms with Gasteiger partial charge in [0.25, 0.3) is 0 Å². The van der Waals surface area contributed by atoms with E-state index in [2.05, 4.69) is 38.4 Å². The molecule has 0 amide bonds. The highest BCUT2D eigenvalue weighted by Gasteiger charge is 2.27. The van der Waals surface area contributed by atoms with E-state index in [9.17, 15) is 0 Å². The summed E-state index contributed by atoms with van der Waals surface area (Å²) in [4.78, 5) is 7.00. The van der Waals surface area contributed by atoms with Gasteiger partial charge in [0.2, 0.25) is 0 Å². The van der Waals surface area contributed by atoms with Gasteiger partial charge >= 0.3 is 0 Å². The smallest absolute Gasteiger partial charge is 0.193 e. The number of furan rings is 1. The number of hydrogen-bond donors (Lipinski definition) is 0. The van der Waals surface area contributed by atoms with Crippen molar-refractivity contribution in [3.05, 3.63) is 61.1 Å². The molecule has 3 heterocycles. The van der Waals surface area contributed by atoms with Crippen LogP contribution in [0.15, 0.2) is 64.8 Å². The first-order valence-electron chi connectivity index (χ1n) is 9.62. The number of rotatable bonds is 7. The van der Waals surface area contributed by atoms with Gasteiger partial charge in [0.05, 0.1) is 25.7 Å². The highest BCUT2D eigenvalue weighted by atomic mass is 16.5. The lowest BCUT2D eigenvalue weighted by molar-refractivity contribution is 0.116. The Hall–Kier alpha value is -2.93. The molecule has 1 saturated heterocycles. The number of hydrogen-bond acceptors (Lipinski definition) is 7. The van der Waals surface area contributed by atoms with Gasteiger partial charge in [-0.3, -0.25) is 9.91 Å². The highest BCUT2D eigenvalue weighted by Crippen LogP contribution is 2.28. The zero-order valence-electron chi connectivity index (χ0n) is 16.3. The fourth-order valence-electron chi connectivity index (χ4n) is 3.73. The van der Waals surface area contributed by atoms with Crippen molar-refractivity contribution in [2.75, 3.05) is 58.1 Å². The van der Waals surface area contributed by atoms with E-state index in [1.54, 1.807) is 13.4 Å². The Kier molecular flexibility index (Phi) is 5.53. The predicted molar refractivity (Wildman–Crippen MR) is 111 cm³/mol. The molecule has 7 nitrogen and oxygen atoms in total. The minimum atomic E-state index is 0.745. The summed E-state index contributed by atoms with van der Waals surface area (Å²) in [5, 5.41) is 6.89. The highest BCUT2D eigenvalue weighted by molar-refractivity contribution is 5.97. The maximum Gasteiger partial charge on any atom is 0.193 e. The molecule has 0 aliphatic carbocycles. The zero-order valence-corrected chi connectivity index (χ0v) is 16.3. The SMILES string of the molecule is C=CCN1CN(CN2CCN(c3ccccc3OC)CC2)N=C1c1ccco1. The molecule has 1 fully saturated rings. The van der Waals surface area contributed by atoms with Crippen LogP contribution in [-0.2, 0) is 0 Å². The molecule has 0 spiro atoms. The monoisotopic (exact) mass is 381 g/mol. The first kappa shape index (κ1) is 18.4. The predicted octanol–water partition coefficient (Wildman–Crippen LogP) is 2.49. The molecule has 7 heteroatoms. The van der Waals surface area contributed by atoms with Crippen molar-refractivity contribution in [2.24, 2.45) is 5.10 Å². The molecule has 28 heavy (non-hydrogen) atoms. The Morgan fingerprint density at radius 3 is 2.68 bits per heavy atom. The van der Waals surface area contributed by atoms with Gasteiger partial charge in [0.15, 0.2) is 11.6 Å². The van der Waals surface area contributed by atoms with E-state index in [4.69, 9.17) is 14.3 Å². The summed E-state index contributed by atoms with van der Waals surface area (Å²) < 4.78 is 11.1. The first-order valence-corrected chi connectivity index (χ1v) is 9.62. The minimum absolute atomic E-state index is 0.745. The number of piperazine rings is 1. The largest absolute Gasteiger partial charge is 0.495 e. The van der Waals surface area contributed by atoms with Gasteiger partial charge in [0, 0.05) is 32.7 Å². The lowest BCUT2D eigenvalue weighted by atomic mass is 10.2. The summed E-state index contributed by atoms with van der Waals surface area (Å²) in [7, 11) is 1.73. The van der Waals surface area contributed by atoms with E-state index < -0.39 is 0 Å². The van der Waals surface area contributed by atoms with Crippen LogP contribution in [0.3, 0.4) is 0 Å². The Morgan fingerprint density at radius 1 is 1.14 bits per heavy atom. The van der Waals surface area contributed by atoms with Gasteiger partial charge in [-0.2, -0.15) is 5.10 Å². The zero-order chi connectivity index (χ0) is 19.3. The molecule has 0 atom stereocenters. The topological polar surface area (TPSA) is 47.7 Å². The van der Waals surface area contributed by atoms with Crippen LogP contribution in [0.25, 0.3) is 0 Å². The summed E-state index contributed by atoms with van der Waals surface area (Å²) >= 11 is 0. The summed E-state index contributed by atoms with van der Waals surface area (Å²) in [6.45, 7) is 10.1. The van der Waals surface area contributed by atoms with Crippen LogP contribution >= 0.6 is 0 Å². The van der Waals surface area contributed by atoms with Crippen LogP contribution in [0.1, 0.15) is 5.76 Å². The maximum absolute atomic E-state index is 5.55. The third kappa shape index (κ3) is 3.84.